The van der Waals surface area contributed by atoms with Crippen molar-refractivity contribution < 1.29 is 8.42 Å². The minimum atomic E-state index is -3.28. The first-order chi connectivity index (χ1) is 6.88. The molecule has 0 aromatic carbocycles. The molecule has 1 saturated heterocycles. The average molecular weight is 234 g/mol. The SMILES string of the molecule is CC1CCN(CCCS(N)(=O)=O)CC1C. The van der Waals surface area contributed by atoms with Crippen LogP contribution in [-0.2, 0) is 10.0 Å². The Kier molecular flexibility index (Phi) is 4.55. The Morgan fingerprint density at radius 3 is 2.53 bits per heavy atom. The number of sulfonamides is 1. The first-order valence-electron chi connectivity index (χ1n) is 5.61. The van der Waals surface area contributed by atoms with Gasteiger partial charge in [0.25, 0.3) is 0 Å². The van der Waals surface area contributed by atoms with Gasteiger partial charge in [0.15, 0.2) is 0 Å². The van der Waals surface area contributed by atoms with E-state index in [0.717, 1.165) is 25.6 Å². The van der Waals surface area contributed by atoms with Crippen molar-refractivity contribution in [3.05, 3.63) is 0 Å². The lowest BCUT2D eigenvalue weighted by molar-refractivity contribution is 0.139. The van der Waals surface area contributed by atoms with Gasteiger partial charge in [0.2, 0.25) is 10.0 Å². The van der Waals surface area contributed by atoms with Crippen LogP contribution in [0.5, 0.6) is 0 Å². The molecule has 0 amide bonds. The maximum absolute atomic E-state index is 10.7. The molecule has 0 spiro atoms. The van der Waals surface area contributed by atoms with Crippen LogP contribution >= 0.6 is 0 Å². The summed E-state index contributed by atoms with van der Waals surface area (Å²) in [7, 11) is -3.28. The topological polar surface area (TPSA) is 63.4 Å². The molecule has 1 aliphatic rings. The molecule has 15 heavy (non-hydrogen) atoms. The van der Waals surface area contributed by atoms with Gasteiger partial charge in [0, 0.05) is 6.54 Å². The average Bonchev–Trinajstić information content (AvgIpc) is 2.09. The van der Waals surface area contributed by atoms with Crippen molar-refractivity contribution in [3.63, 3.8) is 0 Å². The van der Waals surface area contributed by atoms with Crippen LogP contribution in [0, 0.1) is 11.8 Å². The molecular formula is C10H22N2O2S. The largest absolute Gasteiger partial charge is 0.303 e. The fraction of sp³-hybridized carbons (Fsp3) is 1.00. The van der Waals surface area contributed by atoms with Crippen LogP contribution in [0.4, 0.5) is 0 Å². The highest BCUT2D eigenvalue weighted by molar-refractivity contribution is 7.89. The van der Waals surface area contributed by atoms with Gasteiger partial charge < -0.3 is 4.90 Å². The zero-order chi connectivity index (χ0) is 11.5. The second-order valence-corrected chi connectivity index (χ2v) is 6.50. The highest BCUT2D eigenvalue weighted by Gasteiger charge is 2.22. The van der Waals surface area contributed by atoms with Crippen molar-refractivity contribution in [1.82, 2.24) is 4.90 Å². The predicted molar refractivity (Wildman–Crippen MR) is 62.0 cm³/mol. The minimum Gasteiger partial charge on any atom is -0.303 e. The lowest BCUT2D eigenvalue weighted by Crippen LogP contribution is -2.39. The predicted octanol–water partition coefficient (Wildman–Crippen LogP) is 0.643. The molecule has 1 heterocycles. The first-order valence-corrected chi connectivity index (χ1v) is 7.33. The summed E-state index contributed by atoms with van der Waals surface area (Å²) in [5.74, 6) is 1.61. The van der Waals surface area contributed by atoms with E-state index < -0.39 is 10.0 Å². The van der Waals surface area contributed by atoms with Crippen LogP contribution in [0.2, 0.25) is 0 Å². The molecule has 0 saturated carbocycles. The van der Waals surface area contributed by atoms with E-state index in [1.807, 2.05) is 0 Å². The standard InChI is InChI=1S/C10H22N2O2S/c1-9-4-6-12(8-10(9)2)5-3-7-15(11,13)14/h9-10H,3-8H2,1-2H3,(H2,11,13,14). The highest BCUT2D eigenvalue weighted by Crippen LogP contribution is 2.22. The third-order valence-corrected chi connectivity index (χ3v) is 4.18. The lowest BCUT2D eigenvalue weighted by Gasteiger charge is -2.35. The Morgan fingerprint density at radius 1 is 1.33 bits per heavy atom. The van der Waals surface area contributed by atoms with E-state index >= 15 is 0 Å². The molecule has 5 heteroatoms. The van der Waals surface area contributed by atoms with Crippen LogP contribution in [0.25, 0.3) is 0 Å². The van der Waals surface area contributed by atoms with Gasteiger partial charge in [-0.15, -0.1) is 0 Å². The van der Waals surface area contributed by atoms with Crippen molar-refractivity contribution in [2.45, 2.75) is 26.7 Å². The maximum Gasteiger partial charge on any atom is 0.209 e. The summed E-state index contributed by atoms with van der Waals surface area (Å²) >= 11 is 0. The first kappa shape index (κ1) is 12.9. The Morgan fingerprint density at radius 2 is 2.00 bits per heavy atom. The normalized spacial score (nSPS) is 29.3. The molecule has 90 valence electrons. The van der Waals surface area contributed by atoms with E-state index in [-0.39, 0.29) is 5.75 Å². The molecule has 2 atom stereocenters. The van der Waals surface area contributed by atoms with E-state index in [2.05, 4.69) is 18.7 Å². The Hall–Kier alpha value is -0.130. The van der Waals surface area contributed by atoms with Gasteiger partial charge in [-0.3, -0.25) is 0 Å². The molecule has 1 fully saturated rings. The van der Waals surface area contributed by atoms with Crippen molar-refractivity contribution in [1.29, 1.82) is 0 Å². The summed E-state index contributed by atoms with van der Waals surface area (Å²) in [6.45, 7) is 7.58. The second-order valence-electron chi connectivity index (χ2n) is 4.76. The van der Waals surface area contributed by atoms with Crippen molar-refractivity contribution >= 4 is 10.0 Å². The van der Waals surface area contributed by atoms with Crippen LogP contribution in [-0.4, -0.2) is 38.7 Å². The van der Waals surface area contributed by atoms with Gasteiger partial charge in [0.1, 0.15) is 0 Å². The quantitative estimate of drug-likeness (QED) is 0.776. The zero-order valence-electron chi connectivity index (χ0n) is 9.65. The highest BCUT2D eigenvalue weighted by atomic mass is 32.2. The Labute approximate surface area is 92.9 Å². The van der Waals surface area contributed by atoms with Gasteiger partial charge in [-0.1, -0.05) is 13.8 Å². The number of hydrogen-bond donors (Lipinski definition) is 1. The Bertz CT molecular complexity index is 290. The zero-order valence-corrected chi connectivity index (χ0v) is 10.5. The van der Waals surface area contributed by atoms with Crippen LogP contribution in [0.1, 0.15) is 26.7 Å². The number of rotatable bonds is 4. The van der Waals surface area contributed by atoms with Gasteiger partial charge in [0.05, 0.1) is 5.75 Å². The third-order valence-electron chi connectivity index (χ3n) is 3.32. The number of primary sulfonamides is 1. The molecular weight excluding hydrogens is 212 g/mol. The summed E-state index contributed by atoms with van der Waals surface area (Å²) < 4.78 is 21.5. The molecule has 0 radical (unpaired) electrons. The molecule has 2 unspecified atom stereocenters. The molecule has 0 aromatic heterocycles. The van der Waals surface area contributed by atoms with Gasteiger partial charge in [-0.2, -0.15) is 0 Å². The van der Waals surface area contributed by atoms with Crippen LogP contribution < -0.4 is 5.14 Å². The number of nitrogens with zero attached hydrogens (tertiary/aromatic N) is 1. The van der Waals surface area contributed by atoms with Gasteiger partial charge in [-0.05, 0) is 37.8 Å². The van der Waals surface area contributed by atoms with Crippen molar-refractivity contribution in [3.8, 4) is 0 Å². The maximum atomic E-state index is 10.7. The van der Waals surface area contributed by atoms with E-state index in [1.54, 1.807) is 0 Å². The monoisotopic (exact) mass is 234 g/mol. The summed E-state index contributed by atoms with van der Waals surface area (Å²) in [6.07, 6.45) is 1.87. The van der Waals surface area contributed by atoms with Gasteiger partial charge >= 0.3 is 0 Å². The smallest absolute Gasteiger partial charge is 0.209 e. The van der Waals surface area contributed by atoms with Crippen molar-refractivity contribution in [2.24, 2.45) is 17.0 Å². The minimum absolute atomic E-state index is 0.105. The Balaban J connectivity index is 2.23. The molecule has 1 rings (SSSR count). The summed E-state index contributed by atoms with van der Waals surface area (Å²) in [6, 6.07) is 0. The number of nitrogens with two attached hydrogens (primary N) is 1. The molecule has 2 N–H and O–H groups in total. The number of hydrogen-bond acceptors (Lipinski definition) is 3. The van der Waals surface area contributed by atoms with E-state index in [0.29, 0.717) is 12.3 Å². The van der Waals surface area contributed by atoms with Crippen molar-refractivity contribution in [2.75, 3.05) is 25.4 Å². The lowest BCUT2D eigenvalue weighted by atomic mass is 9.89. The van der Waals surface area contributed by atoms with E-state index in [9.17, 15) is 8.42 Å². The molecule has 0 aliphatic carbocycles. The molecule has 4 nitrogen and oxygen atoms in total. The fourth-order valence-electron chi connectivity index (χ4n) is 2.04. The van der Waals surface area contributed by atoms with Gasteiger partial charge in [-0.25, -0.2) is 13.6 Å². The third kappa shape index (κ3) is 4.95. The molecule has 0 aromatic rings. The number of likely N-dealkylation sites (tertiary alicyclic amines) is 1. The summed E-state index contributed by atoms with van der Waals surface area (Å²) in [4.78, 5) is 2.34. The molecule has 0 bridgehead atoms. The second kappa shape index (κ2) is 5.27. The van der Waals surface area contributed by atoms with E-state index in [4.69, 9.17) is 5.14 Å². The molecule has 1 aliphatic heterocycles. The summed E-state index contributed by atoms with van der Waals surface area (Å²) in [5.41, 5.74) is 0. The van der Waals surface area contributed by atoms with Crippen LogP contribution in [0.15, 0.2) is 0 Å². The fourth-order valence-corrected chi connectivity index (χ4v) is 2.57. The summed E-state index contributed by atoms with van der Waals surface area (Å²) in [5, 5.41) is 4.95. The van der Waals surface area contributed by atoms with E-state index in [1.165, 1.54) is 6.42 Å². The number of piperidine rings is 1. The van der Waals surface area contributed by atoms with Crippen LogP contribution in [0.3, 0.4) is 0 Å².